The van der Waals surface area contributed by atoms with Crippen molar-refractivity contribution >= 4 is 35.2 Å². The summed E-state index contributed by atoms with van der Waals surface area (Å²) in [5.41, 5.74) is 1.61. The third kappa shape index (κ3) is 11.1. The Morgan fingerprint density at radius 2 is 1.63 bits per heavy atom. The smallest absolute Gasteiger partial charge is 0.408 e. The maximum absolute atomic E-state index is 14.4. The van der Waals surface area contributed by atoms with E-state index in [2.05, 4.69) is 17.6 Å². The molecule has 2 aromatic carbocycles. The van der Waals surface area contributed by atoms with E-state index in [0.29, 0.717) is 34.8 Å². The molecule has 0 aromatic heterocycles. The lowest BCUT2D eigenvalue weighted by Crippen LogP contribution is -2.54. The molecule has 0 spiro atoms. The van der Waals surface area contributed by atoms with E-state index in [1.54, 1.807) is 56.9 Å². The molecule has 9 heteroatoms. The van der Waals surface area contributed by atoms with E-state index < -0.39 is 35.6 Å². The van der Waals surface area contributed by atoms with E-state index in [1.807, 2.05) is 26.8 Å². The van der Waals surface area contributed by atoms with Crippen LogP contribution in [0.4, 0.5) is 10.5 Å². The number of nitrogens with zero attached hydrogens (tertiary/aromatic N) is 1. The molecule has 2 atom stereocenters. The number of carbonyl (C=O) groups excluding carboxylic acids is 3. The summed E-state index contributed by atoms with van der Waals surface area (Å²) in [7, 11) is 0. The molecule has 3 amide bonds. The van der Waals surface area contributed by atoms with Crippen LogP contribution in [0.2, 0.25) is 5.02 Å². The van der Waals surface area contributed by atoms with Crippen molar-refractivity contribution < 1.29 is 24.2 Å². The Bertz CT molecular complexity index is 1220. The van der Waals surface area contributed by atoms with Gasteiger partial charge in [0.1, 0.15) is 23.4 Å². The standard InChI is InChI=1S/C34H50ClN3O5/c1-9-10-11-12-13-14-20-38(32(41)28(22(2)3)37-33(42)43-34(6,7)8)30(25-18-19-27(39)24(5)21-25)31(40)36-29-23(4)16-15-17-26(29)35/h15-19,21-22,28,30,39H,9-14,20H2,1-8H3,(H,36,40)(H,37,42). The average molecular weight is 616 g/mol. The van der Waals surface area contributed by atoms with Crippen LogP contribution in [0.5, 0.6) is 5.75 Å². The van der Waals surface area contributed by atoms with Crippen LogP contribution in [0.15, 0.2) is 36.4 Å². The first-order chi connectivity index (χ1) is 20.2. The van der Waals surface area contributed by atoms with E-state index in [1.165, 1.54) is 6.07 Å². The number of hydrogen-bond acceptors (Lipinski definition) is 5. The Hall–Kier alpha value is -3.26. The maximum Gasteiger partial charge on any atom is 0.408 e. The number of nitrogens with one attached hydrogen (secondary N) is 2. The molecular weight excluding hydrogens is 566 g/mol. The molecule has 3 N–H and O–H groups in total. The SMILES string of the molecule is CCCCCCCCN(C(=O)C(NC(=O)OC(C)(C)C)C(C)C)C(C(=O)Nc1c(C)cccc1Cl)c1ccc(O)c(C)c1. The number of para-hydroxylation sites is 1. The molecular formula is C34H50ClN3O5. The van der Waals surface area contributed by atoms with Crippen molar-refractivity contribution in [2.75, 3.05) is 11.9 Å². The normalized spacial score (nSPS) is 12.9. The number of halogens is 1. The lowest BCUT2D eigenvalue weighted by Gasteiger charge is -2.36. The van der Waals surface area contributed by atoms with Crippen LogP contribution in [0.3, 0.4) is 0 Å². The molecule has 2 rings (SSSR count). The summed E-state index contributed by atoms with van der Waals surface area (Å²) in [5.74, 6) is -1.04. The minimum Gasteiger partial charge on any atom is -0.508 e. The van der Waals surface area contributed by atoms with E-state index in [9.17, 15) is 19.5 Å². The minimum absolute atomic E-state index is 0.0882. The first-order valence-corrected chi connectivity index (χ1v) is 15.7. The van der Waals surface area contributed by atoms with Gasteiger partial charge in [0.2, 0.25) is 5.91 Å². The third-order valence-corrected chi connectivity index (χ3v) is 7.52. The Morgan fingerprint density at radius 1 is 0.977 bits per heavy atom. The molecule has 0 heterocycles. The monoisotopic (exact) mass is 615 g/mol. The highest BCUT2D eigenvalue weighted by Crippen LogP contribution is 2.32. The van der Waals surface area contributed by atoms with Gasteiger partial charge in [0.25, 0.3) is 5.91 Å². The first kappa shape index (κ1) is 35.9. The number of amides is 3. The number of ether oxygens (including phenoxy) is 1. The first-order valence-electron chi connectivity index (χ1n) is 15.3. The maximum atomic E-state index is 14.4. The zero-order valence-electron chi connectivity index (χ0n) is 27.1. The number of phenolic OH excluding ortho intramolecular Hbond substituents is 1. The van der Waals surface area contributed by atoms with Crippen LogP contribution in [0, 0.1) is 19.8 Å². The number of hydrogen-bond donors (Lipinski definition) is 3. The predicted molar refractivity (Wildman–Crippen MR) is 173 cm³/mol. The number of aromatic hydroxyl groups is 1. The lowest BCUT2D eigenvalue weighted by atomic mass is 9.97. The minimum atomic E-state index is -1.06. The van der Waals surface area contributed by atoms with Crippen molar-refractivity contribution in [1.82, 2.24) is 10.2 Å². The fraction of sp³-hybridized carbons (Fsp3) is 0.559. The summed E-state index contributed by atoms with van der Waals surface area (Å²) in [6, 6.07) is 8.25. The molecule has 0 fully saturated rings. The molecule has 238 valence electrons. The van der Waals surface area contributed by atoms with E-state index in [-0.39, 0.29) is 11.7 Å². The molecule has 0 aliphatic carbocycles. The van der Waals surface area contributed by atoms with Crippen LogP contribution in [0.25, 0.3) is 0 Å². The number of alkyl carbamates (subject to hydrolysis) is 1. The average Bonchev–Trinajstić information content (AvgIpc) is 2.91. The molecule has 0 aliphatic heterocycles. The van der Waals surface area contributed by atoms with Gasteiger partial charge in [0.15, 0.2) is 0 Å². The number of rotatable bonds is 14. The number of phenols is 1. The number of benzene rings is 2. The second-order valence-electron chi connectivity index (χ2n) is 12.5. The molecule has 43 heavy (non-hydrogen) atoms. The van der Waals surface area contributed by atoms with Crippen LogP contribution < -0.4 is 10.6 Å². The van der Waals surface area contributed by atoms with Gasteiger partial charge in [-0.2, -0.15) is 0 Å². The summed E-state index contributed by atoms with van der Waals surface area (Å²) >= 11 is 6.47. The van der Waals surface area contributed by atoms with Gasteiger partial charge in [-0.1, -0.05) is 82.7 Å². The van der Waals surface area contributed by atoms with Gasteiger partial charge in [0.05, 0.1) is 10.7 Å². The fourth-order valence-electron chi connectivity index (χ4n) is 4.86. The molecule has 2 aromatic rings. The van der Waals surface area contributed by atoms with Crippen LogP contribution in [-0.2, 0) is 14.3 Å². The Balaban J connectivity index is 2.58. The molecule has 0 saturated heterocycles. The van der Waals surface area contributed by atoms with Crippen LogP contribution in [0.1, 0.15) is 103 Å². The van der Waals surface area contributed by atoms with Gasteiger partial charge >= 0.3 is 6.09 Å². The summed E-state index contributed by atoms with van der Waals surface area (Å²) in [4.78, 5) is 43.0. The molecule has 2 unspecified atom stereocenters. The Labute approximate surface area is 262 Å². The largest absolute Gasteiger partial charge is 0.508 e. The highest BCUT2D eigenvalue weighted by atomic mass is 35.5. The summed E-state index contributed by atoms with van der Waals surface area (Å²) in [5, 5.41) is 16.4. The molecule has 0 bridgehead atoms. The highest BCUT2D eigenvalue weighted by molar-refractivity contribution is 6.34. The van der Waals surface area contributed by atoms with Gasteiger partial charge in [-0.3, -0.25) is 9.59 Å². The second-order valence-corrected chi connectivity index (χ2v) is 12.9. The van der Waals surface area contributed by atoms with Crippen molar-refractivity contribution in [3.05, 3.63) is 58.1 Å². The van der Waals surface area contributed by atoms with E-state index >= 15 is 0 Å². The topological polar surface area (TPSA) is 108 Å². The van der Waals surface area contributed by atoms with Crippen molar-refractivity contribution in [3.8, 4) is 5.75 Å². The zero-order chi connectivity index (χ0) is 32.3. The second kappa shape index (κ2) is 16.6. The van der Waals surface area contributed by atoms with Crippen molar-refractivity contribution in [2.45, 2.75) is 112 Å². The Morgan fingerprint density at radius 3 is 2.21 bits per heavy atom. The number of unbranched alkanes of at least 4 members (excludes halogenated alkanes) is 5. The van der Waals surface area contributed by atoms with Gasteiger partial charge in [-0.05, 0) is 81.8 Å². The molecule has 0 radical (unpaired) electrons. The zero-order valence-corrected chi connectivity index (χ0v) is 27.8. The van der Waals surface area contributed by atoms with Gasteiger partial charge in [-0.25, -0.2) is 4.79 Å². The van der Waals surface area contributed by atoms with Gasteiger partial charge < -0.3 is 25.4 Å². The van der Waals surface area contributed by atoms with Gasteiger partial charge in [0, 0.05) is 6.54 Å². The summed E-state index contributed by atoms with van der Waals surface area (Å²) in [6.45, 7) is 15.0. The quantitative estimate of drug-likeness (QED) is 0.186. The highest BCUT2D eigenvalue weighted by Gasteiger charge is 2.37. The van der Waals surface area contributed by atoms with Crippen molar-refractivity contribution in [3.63, 3.8) is 0 Å². The van der Waals surface area contributed by atoms with E-state index in [0.717, 1.165) is 37.7 Å². The summed E-state index contributed by atoms with van der Waals surface area (Å²) in [6.07, 6.45) is 5.27. The number of anilines is 1. The Kier molecular flexibility index (Phi) is 13.8. The molecule has 0 saturated carbocycles. The predicted octanol–water partition coefficient (Wildman–Crippen LogP) is 8.08. The molecule has 0 aliphatic rings. The van der Waals surface area contributed by atoms with Crippen LogP contribution >= 0.6 is 11.6 Å². The number of aryl methyl sites for hydroxylation is 2. The lowest BCUT2D eigenvalue weighted by molar-refractivity contribution is -0.141. The fourth-order valence-corrected chi connectivity index (χ4v) is 5.13. The molecule has 8 nitrogen and oxygen atoms in total. The van der Waals surface area contributed by atoms with Crippen molar-refractivity contribution in [1.29, 1.82) is 0 Å². The summed E-state index contributed by atoms with van der Waals surface area (Å²) < 4.78 is 5.47. The number of carbonyl (C=O) groups is 3. The van der Waals surface area contributed by atoms with Gasteiger partial charge in [-0.15, -0.1) is 0 Å². The van der Waals surface area contributed by atoms with E-state index in [4.69, 9.17) is 16.3 Å². The van der Waals surface area contributed by atoms with Crippen molar-refractivity contribution in [2.24, 2.45) is 5.92 Å². The third-order valence-electron chi connectivity index (χ3n) is 7.21. The van der Waals surface area contributed by atoms with Crippen LogP contribution in [-0.4, -0.2) is 46.1 Å².